The Morgan fingerprint density at radius 1 is 1.12 bits per heavy atom. The van der Waals surface area contributed by atoms with E-state index in [-0.39, 0.29) is 12.2 Å². The molecule has 0 fully saturated rings. The number of hydrogen-bond donors (Lipinski definition) is 2. The molecule has 26 heavy (non-hydrogen) atoms. The molecule has 0 atom stereocenters. The summed E-state index contributed by atoms with van der Waals surface area (Å²) in [4.78, 5) is 12.2. The molecule has 1 aromatic heterocycles. The molecule has 0 bridgehead atoms. The maximum absolute atomic E-state index is 12.7. The molecule has 0 unspecified atom stereocenters. The summed E-state index contributed by atoms with van der Waals surface area (Å²) in [5.74, 6) is -0.437. The highest BCUT2D eigenvalue weighted by Crippen LogP contribution is 2.29. The van der Waals surface area contributed by atoms with Gasteiger partial charge in [0.15, 0.2) is 0 Å². The number of nitrogens with zero attached hydrogens (tertiary/aromatic N) is 1. The number of H-pyrrole nitrogens is 1. The summed E-state index contributed by atoms with van der Waals surface area (Å²) in [6.45, 7) is 1.96. The maximum atomic E-state index is 12.7. The lowest BCUT2D eigenvalue weighted by Gasteiger charge is -2.09. The van der Waals surface area contributed by atoms with Crippen molar-refractivity contribution in [2.24, 2.45) is 0 Å². The number of carbonyl (C=O) groups is 1. The van der Waals surface area contributed by atoms with Crippen LogP contribution < -0.4 is 5.32 Å². The summed E-state index contributed by atoms with van der Waals surface area (Å²) < 4.78 is 38.2. The Hall–Kier alpha value is -3.09. The molecule has 0 spiro atoms. The van der Waals surface area contributed by atoms with Crippen molar-refractivity contribution in [2.75, 3.05) is 0 Å². The van der Waals surface area contributed by atoms with E-state index in [0.29, 0.717) is 11.3 Å². The van der Waals surface area contributed by atoms with Crippen molar-refractivity contribution < 1.29 is 18.0 Å². The number of carbonyl (C=O) groups excluding carboxylic acids is 1. The Kier molecular flexibility index (Phi) is 4.79. The van der Waals surface area contributed by atoms with E-state index in [1.165, 1.54) is 12.1 Å². The lowest BCUT2D eigenvalue weighted by atomic mass is 10.1. The average Bonchev–Trinajstić information content (AvgIpc) is 3.10. The smallest absolute Gasteiger partial charge is 0.347 e. The standard InChI is InChI=1S/C19H16F3N3O/c1-12-5-7-14(8-6-12)16-10-17(25-24-16)18(26)23-11-13-3-2-4-15(9-13)19(20,21)22/h2-10H,11H2,1H3,(H,23,26)(H,24,25). The molecule has 0 aliphatic carbocycles. The number of aryl methyl sites for hydroxylation is 1. The van der Waals surface area contributed by atoms with Crippen LogP contribution in [0.1, 0.15) is 27.2 Å². The molecule has 134 valence electrons. The van der Waals surface area contributed by atoms with Crippen LogP contribution in [0.25, 0.3) is 11.3 Å². The minimum Gasteiger partial charge on any atom is -0.347 e. The van der Waals surface area contributed by atoms with Gasteiger partial charge in [-0.2, -0.15) is 18.3 Å². The molecular formula is C19H16F3N3O. The molecule has 0 saturated heterocycles. The van der Waals surface area contributed by atoms with Crippen LogP contribution in [-0.4, -0.2) is 16.1 Å². The molecule has 0 aliphatic rings. The summed E-state index contributed by atoms with van der Waals surface area (Å²) in [7, 11) is 0. The third kappa shape index (κ3) is 4.11. The topological polar surface area (TPSA) is 57.8 Å². The first-order valence-electron chi connectivity index (χ1n) is 7.90. The van der Waals surface area contributed by atoms with Gasteiger partial charge in [0, 0.05) is 12.1 Å². The number of nitrogens with one attached hydrogen (secondary N) is 2. The van der Waals surface area contributed by atoms with Gasteiger partial charge in [-0.25, -0.2) is 0 Å². The molecule has 2 N–H and O–H groups in total. The van der Waals surface area contributed by atoms with Crippen molar-refractivity contribution in [2.45, 2.75) is 19.6 Å². The number of hydrogen-bond acceptors (Lipinski definition) is 2. The zero-order chi connectivity index (χ0) is 18.7. The first-order valence-corrected chi connectivity index (χ1v) is 7.90. The van der Waals surface area contributed by atoms with Gasteiger partial charge in [-0.05, 0) is 30.7 Å². The predicted molar refractivity (Wildman–Crippen MR) is 91.4 cm³/mol. The Bertz CT molecular complexity index is 914. The second-order valence-corrected chi connectivity index (χ2v) is 5.91. The van der Waals surface area contributed by atoms with Gasteiger partial charge in [0.05, 0.1) is 11.3 Å². The van der Waals surface area contributed by atoms with Crippen LogP contribution in [0.5, 0.6) is 0 Å². The van der Waals surface area contributed by atoms with Gasteiger partial charge < -0.3 is 5.32 Å². The minimum atomic E-state index is -4.41. The van der Waals surface area contributed by atoms with Crippen molar-refractivity contribution >= 4 is 5.91 Å². The minimum absolute atomic E-state index is 0.0123. The van der Waals surface area contributed by atoms with E-state index in [4.69, 9.17) is 0 Å². The average molecular weight is 359 g/mol. The highest BCUT2D eigenvalue weighted by atomic mass is 19.4. The zero-order valence-corrected chi connectivity index (χ0v) is 13.9. The van der Waals surface area contributed by atoms with Crippen molar-refractivity contribution in [3.05, 3.63) is 77.0 Å². The Labute approximate surface area is 148 Å². The van der Waals surface area contributed by atoms with E-state index in [1.54, 1.807) is 6.07 Å². The van der Waals surface area contributed by atoms with Crippen LogP contribution in [-0.2, 0) is 12.7 Å². The van der Waals surface area contributed by atoms with Gasteiger partial charge in [-0.3, -0.25) is 9.89 Å². The number of benzene rings is 2. The Morgan fingerprint density at radius 2 is 1.85 bits per heavy atom. The van der Waals surface area contributed by atoms with Crippen LogP contribution in [0.3, 0.4) is 0 Å². The van der Waals surface area contributed by atoms with E-state index in [1.807, 2.05) is 31.2 Å². The third-order valence-electron chi connectivity index (χ3n) is 3.88. The SMILES string of the molecule is Cc1ccc(-c2cc(C(=O)NCc3cccc(C(F)(F)F)c3)[nH]n2)cc1. The van der Waals surface area contributed by atoms with Crippen LogP contribution in [0.2, 0.25) is 0 Å². The number of rotatable bonds is 4. The second kappa shape index (κ2) is 7.03. The van der Waals surface area contributed by atoms with Gasteiger partial charge in [0.1, 0.15) is 5.69 Å². The summed E-state index contributed by atoms with van der Waals surface area (Å²) in [5, 5.41) is 9.34. The fraction of sp³-hybridized carbons (Fsp3) is 0.158. The van der Waals surface area contributed by atoms with Gasteiger partial charge in [0.2, 0.25) is 0 Å². The largest absolute Gasteiger partial charge is 0.416 e. The van der Waals surface area contributed by atoms with Crippen LogP contribution >= 0.6 is 0 Å². The van der Waals surface area contributed by atoms with Crippen molar-refractivity contribution in [1.82, 2.24) is 15.5 Å². The molecule has 1 heterocycles. The van der Waals surface area contributed by atoms with E-state index in [9.17, 15) is 18.0 Å². The van der Waals surface area contributed by atoms with Crippen LogP contribution in [0, 0.1) is 6.92 Å². The number of alkyl halides is 3. The second-order valence-electron chi connectivity index (χ2n) is 5.91. The first kappa shape index (κ1) is 17.7. The monoisotopic (exact) mass is 359 g/mol. The summed E-state index contributed by atoms with van der Waals surface area (Å²) in [6, 6.07) is 14.1. The summed E-state index contributed by atoms with van der Waals surface area (Å²) >= 11 is 0. The zero-order valence-electron chi connectivity index (χ0n) is 13.9. The number of aromatic amines is 1. The first-order chi connectivity index (χ1) is 12.3. The van der Waals surface area contributed by atoms with Crippen molar-refractivity contribution in [3.63, 3.8) is 0 Å². The number of halogens is 3. The summed E-state index contributed by atoms with van der Waals surface area (Å²) in [5.41, 5.74) is 2.47. The maximum Gasteiger partial charge on any atom is 0.416 e. The van der Waals surface area contributed by atoms with Gasteiger partial charge in [-0.1, -0.05) is 42.0 Å². The van der Waals surface area contributed by atoms with E-state index in [2.05, 4.69) is 15.5 Å². The molecule has 3 aromatic rings. The normalized spacial score (nSPS) is 11.4. The molecule has 2 aromatic carbocycles. The van der Waals surface area contributed by atoms with Crippen molar-refractivity contribution in [3.8, 4) is 11.3 Å². The van der Waals surface area contributed by atoms with Gasteiger partial charge in [-0.15, -0.1) is 0 Å². The fourth-order valence-electron chi connectivity index (χ4n) is 2.45. The molecular weight excluding hydrogens is 343 g/mol. The predicted octanol–water partition coefficient (Wildman–Crippen LogP) is 4.33. The Balaban J connectivity index is 1.67. The quantitative estimate of drug-likeness (QED) is 0.728. The number of aromatic nitrogens is 2. The van der Waals surface area contributed by atoms with E-state index in [0.717, 1.165) is 23.3 Å². The van der Waals surface area contributed by atoms with Gasteiger partial charge >= 0.3 is 6.18 Å². The fourth-order valence-corrected chi connectivity index (χ4v) is 2.45. The molecule has 7 heteroatoms. The van der Waals surface area contributed by atoms with E-state index < -0.39 is 17.6 Å². The molecule has 4 nitrogen and oxygen atoms in total. The van der Waals surface area contributed by atoms with Crippen molar-refractivity contribution in [1.29, 1.82) is 0 Å². The number of amides is 1. The highest BCUT2D eigenvalue weighted by molar-refractivity contribution is 5.93. The van der Waals surface area contributed by atoms with E-state index >= 15 is 0 Å². The highest BCUT2D eigenvalue weighted by Gasteiger charge is 2.30. The third-order valence-corrected chi connectivity index (χ3v) is 3.88. The molecule has 0 aliphatic heterocycles. The lowest BCUT2D eigenvalue weighted by Crippen LogP contribution is -2.23. The van der Waals surface area contributed by atoms with Crippen LogP contribution in [0.4, 0.5) is 13.2 Å². The van der Waals surface area contributed by atoms with Crippen LogP contribution in [0.15, 0.2) is 54.6 Å². The molecule has 0 saturated carbocycles. The summed E-state index contributed by atoms with van der Waals surface area (Å²) in [6.07, 6.45) is -4.41. The molecule has 0 radical (unpaired) electrons. The molecule has 3 rings (SSSR count). The molecule has 1 amide bonds. The van der Waals surface area contributed by atoms with Gasteiger partial charge in [0.25, 0.3) is 5.91 Å². The Morgan fingerprint density at radius 3 is 2.54 bits per heavy atom. The lowest BCUT2D eigenvalue weighted by molar-refractivity contribution is -0.137.